The standard InChI is InChI=1S/C26H31N3O4/c1-2-3-18-29-23-14-8-7-13-21(23)28-22(26(29)32)15-16-25(31)33-19-24(30)27-17-9-12-20-10-5-4-6-11-20/h4-8,10-11,13-14H,2-3,9,12,15-19H2,1H3,(H,27,30). The first-order chi connectivity index (χ1) is 16.1. The Morgan fingerprint density at radius 2 is 1.76 bits per heavy atom. The molecule has 0 aliphatic heterocycles. The minimum atomic E-state index is -0.524. The molecule has 0 saturated carbocycles. The van der Waals surface area contributed by atoms with E-state index in [1.807, 2.05) is 54.6 Å². The maximum absolute atomic E-state index is 12.9. The monoisotopic (exact) mass is 449 g/mol. The molecule has 0 atom stereocenters. The number of rotatable bonds is 12. The number of amides is 1. The van der Waals surface area contributed by atoms with E-state index in [1.54, 1.807) is 4.57 Å². The summed E-state index contributed by atoms with van der Waals surface area (Å²) in [5.74, 6) is -0.855. The lowest BCUT2D eigenvalue weighted by atomic mass is 10.1. The number of nitrogens with one attached hydrogen (secondary N) is 1. The molecule has 33 heavy (non-hydrogen) atoms. The molecule has 7 nitrogen and oxygen atoms in total. The summed E-state index contributed by atoms with van der Waals surface area (Å²) in [7, 11) is 0. The number of hydrogen-bond acceptors (Lipinski definition) is 5. The highest BCUT2D eigenvalue weighted by atomic mass is 16.5. The van der Waals surface area contributed by atoms with Crippen molar-refractivity contribution in [1.82, 2.24) is 14.9 Å². The van der Waals surface area contributed by atoms with Gasteiger partial charge < -0.3 is 14.6 Å². The van der Waals surface area contributed by atoms with Crippen molar-refractivity contribution in [2.45, 2.75) is 52.0 Å². The van der Waals surface area contributed by atoms with Crippen LogP contribution in [0.25, 0.3) is 11.0 Å². The molecular formula is C26H31N3O4. The van der Waals surface area contributed by atoms with Crippen LogP contribution in [0.3, 0.4) is 0 Å². The van der Waals surface area contributed by atoms with E-state index >= 15 is 0 Å². The number of hydrogen-bond donors (Lipinski definition) is 1. The fourth-order valence-corrected chi connectivity index (χ4v) is 3.60. The zero-order valence-electron chi connectivity index (χ0n) is 19.1. The fraction of sp³-hybridized carbons (Fsp3) is 0.385. The van der Waals surface area contributed by atoms with Crippen LogP contribution >= 0.6 is 0 Å². The minimum absolute atomic E-state index is 0.00432. The third kappa shape index (κ3) is 7.27. The molecule has 1 N–H and O–H groups in total. The van der Waals surface area contributed by atoms with E-state index in [0.29, 0.717) is 18.8 Å². The fourth-order valence-electron chi connectivity index (χ4n) is 3.60. The van der Waals surface area contributed by atoms with Gasteiger partial charge in [0.25, 0.3) is 11.5 Å². The molecule has 0 radical (unpaired) electrons. The molecule has 0 spiro atoms. The summed E-state index contributed by atoms with van der Waals surface area (Å²) in [5, 5.41) is 2.76. The van der Waals surface area contributed by atoms with Crippen molar-refractivity contribution >= 4 is 22.9 Å². The smallest absolute Gasteiger partial charge is 0.306 e. The van der Waals surface area contributed by atoms with Crippen molar-refractivity contribution in [3.8, 4) is 0 Å². The molecule has 7 heteroatoms. The van der Waals surface area contributed by atoms with Crippen LogP contribution in [0, 0.1) is 0 Å². The SMILES string of the molecule is CCCCn1c(=O)c(CCC(=O)OCC(=O)NCCCc2ccccc2)nc2ccccc21. The number of nitrogens with zero attached hydrogens (tertiary/aromatic N) is 2. The summed E-state index contributed by atoms with van der Waals surface area (Å²) in [6, 6.07) is 17.5. The highest BCUT2D eigenvalue weighted by molar-refractivity contribution is 5.80. The number of aromatic nitrogens is 2. The van der Waals surface area contributed by atoms with Gasteiger partial charge in [-0.15, -0.1) is 0 Å². The highest BCUT2D eigenvalue weighted by Crippen LogP contribution is 2.12. The minimum Gasteiger partial charge on any atom is -0.456 e. The summed E-state index contributed by atoms with van der Waals surface area (Å²) in [6.07, 6.45) is 3.70. The van der Waals surface area contributed by atoms with Gasteiger partial charge in [0, 0.05) is 19.5 Å². The summed E-state index contributed by atoms with van der Waals surface area (Å²) in [6.45, 7) is 2.88. The Morgan fingerprint density at radius 1 is 1.00 bits per heavy atom. The first-order valence-corrected chi connectivity index (χ1v) is 11.5. The summed E-state index contributed by atoms with van der Waals surface area (Å²) in [4.78, 5) is 41.4. The zero-order valence-corrected chi connectivity index (χ0v) is 19.1. The summed E-state index contributed by atoms with van der Waals surface area (Å²) in [5.41, 5.74) is 2.91. The number of esters is 1. The molecule has 2 aromatic carbocycles. The summed E-state index contributed by atoms with van der Waals surface area (Å²) < 4.78 is 6.81. The lowest BCUT2D eigenvalue weighted by Crippen LogP contribution is -2.30. The molecule has 174 valence electrons. The van der Waals surface area contributed by atoms with Gasteiger partial charge >= 0.3 is 5.97 Å². The Bertz CT molecular complexity index is 1130. The molecule has 3 aromatic rings. The molecule has 0 aliphatic carbocycles. The van der Waals surface area contributed by atoms with Crippen LogP contribution in [-0.4, -0.2) is 34.6 Å². The van der Waals surface area contributed by atoms with Gasteiger partial charge in [0.1, 0.15) is 5.69 Å². The van der Waals surface area contributed by atoms with E-state index in [4.69, 9.17) is 4.74 Å². The largest absolute Gasteiger partial charge is 0.456 e. The van der Waals surface area contributed by atoms with Crippen LogP contribution in [0.2, 0.25) is 0 Å². The molecule has 0 fully saturated rings. The normalized spacial score (nSPS) is 10.8. The first-order valence-electron chi connectivity index (χ1n) is 11.5. The van der Waals surface area contributed by atoms with Crippen LogP contribution in [0.4, 0.5) is 0 Å². The van der Waals surface area contributed by atoms with E-state index in [2.05, 4.69) is 17.2 Å². The Hall–Kier alpha value is -3.48. The summed E-state index contributed by atoms with van der Waals surface area (Å²) >= 11 is 0. The van der Waals surface area contributed by atoms with Crippen molar-refractivity contribution in [3.63, 3.8) is 0 Å². The third-order valence-electron chi connectivity index (χ3n) is 5.39. The van der Waals surface area contributed by atoms with Crippen LogP contribution in [-0.2, 0) is 33.7 Å². The van der Waals surface area contributed by atoms with Gasteiger partial charge in [-0.05, 0) is 37.0 Å². The number of unbranched alkanes of at least 4 members (excludes halogenated alkanes) is 1. The van der Waals surface area contributed by atoms with Gasteiger partial charge in [-0.2, -0.15) is 0 Å². The lowest BCUT2D eigenvalue weighted by Gasteiger charge is -2.12. The van der Waals surface area contributed by atoms with Crippen molar-refractivity contribution in [2.24, 2.45) is 0 Å². The molecule has 1 aromatic heterocycles. The molecule has 0 saturated heterocycles. The number of carbonyl (C=O) groups is 2. The highest BCUT2D eigenvalue weighted by Gasteiger charge is 2.14. The van der Waals surface area contributed by atoms with E-state index in [-0.39, 0.29) is 30.9 Å². The topological polar surface area (TPSA) is 90.3 Å². The second kappa shape index (κ2) is 12.5. The first kappa shape index (κ1) is 24.2. The van der Waals surface area contributed by atoms with Crippen LogP contribution in [0.1, 0.15) is 43.9 Å². The van der Waals surface area contributed by atoms with E-state index in [1.165, 1.54) is 5.56 Å². The predicted octanol–water partition coefficient (Wildman–Crippen LogP) is 3.42. The van der Waals surface area contributed by atoms with Gasteiger partial charge in [-0.3, -0.25) is 14.4 Å². The molecular weight excluding hydrogens is 418 g/mol. The molecule has 1 heterocycles. The molecule has 0 unspecified atom stereocenters. The second-order valence-corrected chi connectivity index (χ2v) is 7.96. The van der Waals surface area contributed by atoms with Gasteiger partial charge in [0.05, 0.1) is 17.5 Å². The maximum Gasteiger partial charge on any atom is 0.306 e. The molecule has 0 bridgehead atoms. The Morgan fingerprint density at radius 3 is 2.55 bits per heavy atom. The number of para-hydroxylation sites is 2. The van der Waals surface area contributed by atoms with Gasteiger partial charge in [-0.1, -0.05) is 55.8 Å². The molecule has 1 amide bonds. The van der Waals surface area contributed by atoms with Gasteiger partial charge in [0.2, 0.25) is 0 Å². The van der Waals surface area contributed by atoms with E-state index in [9.17, 15) is 14.4 Å². The van der Waals surface area contributed by atoms with Crippen molar-refractivity contribution in [2.75, 3.05) is 13.2 Å². The second-order valence-electron chi connectivity index (χ2n) is 7.96. The van der Waals surface area contributed by atoms with Crippen molar-refractivity contribution < 1.29 is 14.3 Å². The van der Waals surface area contributed by atoms with Crippen LogP contribution in [0.5, 0.6) is 0 Å². The van der Waals surface area contributed by atoms with Gasteiger partial charge in [0.15, 0.2) is 6.61 Å². The quantitative estimate of drug-likeness (QED) is 0.338. The Balaban J connectivity index is 1.46. The Labute approximate surface area is 193 Å². The number of fused-ring (bicyclic) bond motifs is 1. The predicted molar refractivity (Wildman–Crippen MR) is 128 cm³/mol. The maximum atomic E-state index is 12.9. The number of aryl methyl sites for hydroxylation is 3. The number of carbonyl (C=O) groups excluding carboxylic acids is 2. The van der Waals surface area contributed by atoms with Crippen LogP contribution in [0.15, 0.2) is 59.4 Å². The van der Waals surface area contributed by atoms with E-state index in [0.717, 1.165) is 36.7 Å². The molecule has 3 rings (SSSR count). The van der Waals surface area contributed by atoms with E-state index < -0.39 is 5.97 Å². The van der Waals surface area contributed by atoms with Gasteiger partial charge in [-0.25, -0.2) is 4.98 Å². The Kier molecular flexibility index (Phi) is 9.18. The lowest BCUT2D eigenvalue weighted by molar-refractivity contribution is -0.148. The average Bonchev–Trinajstić information content (AvgIpc) is 2.84. The van der Waals surface area contributed by atoms with Crippen molar-refractivity contribution in [3.05, 3.63) is 76.2 Å². The van der Waals surface area contributed by atoms with Crippen LogP contribution < -0.4 is 10.9 Å². The number of ether oxygens (including phenoxy) is 1. The van der Waals surface area contributed by atoms with Crippen molar-refractivity contribution in [1.29, 1.82) is 0 Å². The third-order valence-corrected chi connectivity index (χ3v) is 5.39. The molecule has 0 aliphatic rings. The zero-order chi connectivity index (χ0) is 23.5. The average molecular weight is 450 g/mol. The number of benzene rings is 2.